The average Bonchev–Trinajstić information content (AvgIpc) is 3.98. The summed E-state index contributed by atoms with van der Waals surface area (Å²) < 4.78 is 9.38. The van der Waals surface area contributed by atoms with Crippen molar-refractivity contribution in [2.24, 2.45) is 5.92 Å². The molecule has 0 unspecified atom stereocenters. The number of fused-ring (bicyclic) bond motifs is 2. The van der Waals surface area contributed by atoms with E-state index in [1.54, 1.807) is 41.1 Å². The molecule has 2 saturated heterocycles. The maximum atomic E-state index is 13.4. The highest BCUT2D eigenvalue weighted by Crippen LogP contribution is 2.37. The average molecular weight is 758 g/mol. The zero-order valence-electron chi connectivity index (χ0n) is 31.7. The standard InChI is InChI=1S/C42H47N9O5/c1-56-38-23-35-28(22-32(38)40(53)44-34-5-3-15-49(41(34)54)29-11-12-29)26-51(46-35)30-9-7-27(8-10-30)13-16-47-18-20-48(21-19-47)36-6-2-4-31-33(36)24-43-25-37(31)50-17-14-39(52)45-42(50)55/h2-6,15,22-27,29-30H,7-14,16-21H2,1H3,(H,44,53)(H,45,52,55). The monoisotopic (exact) mass is 757 g/mol. The van der Waals surface area contributed by atoms with Crippen molar-refractivity contribution in [3.8, 4) is 5.75 Å². The molecule has 14 nitrogen and oxygen atoms in total. The SMILES string of the molecule is COc1cc2nn(C3CCC(CCN4CCN(c5cccc6c(N7CCC(=O)NC7=O)cncc56)CC4)CC3)cc2cc1C(=O)Nc1cccn(C2CC2)c1=O. The lowest BCUT2D eigenvalue weighted by Crippen LogP contribution is -2.49. The molecule has 2 N–H and O–H groups in total. The van der Waals surface area contributed by atoms with Crippen molar-refractivity contribution in [3.63, 3.8) is 0 Å². The number of ether oxygens (including phenoxy) is 1. The molecule has 0 bridgehead atoms. The van der Waals surface area contributed by atoms with Crippen molar-refractivity contribution in [2.45, 2.75) is 63.5 Å². The number of methoxy groups -OCH3 is 1. The first-order chi connectivity index (χ1) is 27.3. The second kappa shape index (κ2) is 15.1. The van der Waals surface area contributed by atoms with Crippen LogP contribution in [0.15, 0.2) is 72.0 Å². The van der Waals surface area contributed by atoms with Gasteiger partial charge in [-0.25, -0.2) is 4.79 Å². The Morgan fingerprint density at radius 2 is 1.70 bits per heavy atom. The molecule has 9 rings (SSSR count). The van der Waals surface area contributed by atoms with Gasteiger partial charge in [-0.3, -0.25) is 39.2 Å². The van der Waals surface area contributed by atoms with Gasteiger partial charge in [0.1, 0.15) is 11.4 Å². The topological polar surface area (TPSA) is 147 Å². The molecule has 2 aliphatic heterocycles. The Labute approximate surface area is 324 Å². The highest BCUT2D eigenvalue weighted by Gasteiger charge is 2.29. The molecule has 5 heterocycles. The zero-order valence-corrected chi connectivity index (χ0v) is 31.7. The number of anilines is 3. The fraction of sp³-hybridized carbons (Fsp3) is 0.429. The van der Waals surface area contributed by atoms with Crippen molar-refractivity contribution < 1.29 is 19.1 Å². The number of hydrogen-bond donors (Lipinski definition) is 2. The molecule has 14 heteroatoms. The maximum Gasteiger partial charge on any atom is 0.328 e. The molecule has 0 atom stereocenters. The van der Waals surface area contributed by atoms with E-state index in [2.05, 4.69) is 36.2 Å². The predicted molar refractivity (Wildman–Crippen MR) is 215 cm³/mol. The van der Waals surface area contributed by atoms with Crippen LogP contribution in [0.25, 0.3) is 21.7 Å². The molecule has 4 fully saturated rings. The number of urea groups is 1. The summed E-state index contributed by atoms with van der Waals surface area (Å²) in [7, 11) is 1.54. The number of benzene rings is 2. The van der Waals surface area contributed by atoms with Crippen LogP contribution in [-0.2, 0) is 4.79 Å². The van der Waals surface area contributed by atoms with Gasteiger partial charge < -0.3 is 19.5 Å². The van der Waals surface area contributed by atoms with Crippen LogP contribution < -0.4 is 30.7 Å². The van der Waals surface area contributed by atoms with Crippen LogP contribution in [0.5, 0.6) is 5.75 Å². The van der Waals surface area contributed by atoms with Gasteiger partial charge in [0, 0.05) is 91.7 Å². The first-order valence-electron chi connectivity index (χ1n) is 19.9. The highest BCUT2D eigenvalue weighted by molar-refractivity contribution is 6.11. The summed E-state index contributed by atoms with van der Waals surface area (Å²) in [5.41, 5.74) is 3.08. The first-order valence-corrected chi connectivity index (χ1v) is 19.9. The van der Waals surface area contributed by atoms with Crippen LogP contribution in [0.3, 0.4) is 0 Å². The summed E-state index contributed by atoms with van der Waals surface area (Å²) >= 11 is 0. The smallest absolute Gasteiger partial charge is 0.328 e. The van der Waals surface area contributed by atoms with Gasteiger partial charge in [0.25, 0.3) is 11.5 Å². The Morgan fingerprint density at radius 1 is 0.893 bits per heavy atom. The Balaban J connectivity index is 0.782. The van der Waals surface area contributed by atoms with E-state index >= 15 is 0 Å². The molecule has 290 valence electrons. The zero-order chi connectivity index (χ0) is 38.3. The van der Waals surface area contributed by atoms with Gasteiger partial charge in [-0.2, -0.15) is 5.10 Å². The third-order valence-electron chi connectivity index (χ3n) is 12.1. The van der Waals surface area contributed by atoms with Gasteiger partial charge in [-0.1, -0.05) is 12.1 Å². The Kier molecular flexibility index (Phi) is 9.66. The van der Waals surface area contributed by atoms with Crippen LogP contribution in [0, 0.1) is 5.92 Å². The van der Waals surface area contributed by atoms with E-state index in [1.165, 1.54) is 6.42 Å². The third-order valence-corrected chi connectivity index (χ3v) is 12.1. The van der Waals surface area contributed by atoms with Crippen molar-refractivity contribution in [1.82, 2.24) is 29.5 Å². The lowest BCUT2D eigenvalue weighted by atomic mass is 9.84. The van der Waals surface area contributed by atoms with Crippen molar-refractivity contribution in [2.75, 3.05) is 61.5 Å². The lowest BCUT2D eigenvalue weighted by molar-refractivity contribution is -0.120. The molecule has 5 aromatic rings. The van der Waals surface area contributed by atoms with E-state index in [0.29, 0.717) is 29.8 Å². The van der Waals surface area contributed by atoms with Gasteiger partial charge in [0.2, 0.25) is 5.91 Å². The fourth-order valence-corrected chi connectivity index (χ4v) is 8.76. The predicted octanol–water partition coefficient (Wildman–Crippen LogP) is 5.73. The summed E-state index contributed by atoms with van der Waals surface area (Å²) in [6.07, 6.45) is 15.3. The summed E-state index contributed by atoms with van der Waals surface area (Å²) in [6.45, 7) is 5.24. The molecule has 3 aromatic heterocycles. The van der Waals surface area contributed by atoms with E-state index in [9.17, 15) is 19.2 Å². The number of carbonyl (C=O) groups excluding carboxylic acids is 3. The van der Waals surface area contributed by atoms with E-state index in [1.807, 2.05) is 36.7 Å². The second-order valence-electron chi connectivity index (χ2n) is 15.6. The Hall–Kier alpha value is -5.76. The van der Waals surface area contributed by atoms with E-state index in [0.717, 1.165) is 104 Å². The van der Waals surface area contributed by atoms with Crippen molar-refractivity contribution in [1.29, 1.82) is 0 Å². The Morgan fingerprint density at radius 3 is 2.46 bits per heavy atom. The molecule has 2 aromatic carbocycles. The van der Waals surface area contributed by atoms with Crippen LogP contribution in [0.1, 0.15) is 73.8 Å². The number of nitrogens with zero attached hydrogens (tertiary/aromatic N) is 7. The number of imide groups is 1. The maximum absolute atomic E-state index is 13.4. The van der Waals surface area contributed by atoms with Gasteiger partial charge >= 0.3 is 6.03 Å². The molecule has 0 spiro atoms. The summed E-state index contributed by atoms with van der Waals surface area (Å²) in [6, 6.07) is 13.4. The lowest BCUT2D eigenvalue weighted by Gasteiger charge is -2.38. The van der Waals surface area contributed by atoms with Crippen LogP contribution in [0.2, 0.25) is 0 Å². The molecule has 2 aliphatic carbocycles. The number of hydrogen-bond acceptors (Lipinski definition) is 9. The second-order valence-corrected chi connectivity index (χ2v) is 15.6. The van der Waals surface area contributed by atoms with E-state index < -0.39 is 6.03 Å². The van der Waals surface area contributed by atoms with Gasteiger partial charge in [-0.15, -0.1) is 0 Å². The number of rotatable bonds is 10. The summed E-state index contributed by atoms with van der Waals surface area (Å²) in [4.78, 5) is 61.8. The number of carbonyl (C=O) groups is 3. The largest absolute Gasteiger partial charge is 0.496 e. The Bertz CT molecular complexity index is 2370. The number of piperazine rings is 1. The van der Waals surface area contributed by atoms with Crippen molar-refractivity contribution in [3.05, 3.63) is 83.2 Å². The minimum absolute atomic E-state index is 0.187. The first kappa shape index (κ1) is 35.9. The van der Waals surface area contributed by atoms with E-state index in [-0.39, 0.29) is 35.5 Å². The number of nitrogens with one attached hydrogen (secondary N) is 2. The van der Waals surface area contributed by atoms with Gasteiger partial charge in [0.05, 0.1) is 36.1 Å². The molecule has 4 aliphatic rings. The number of pyridine rings is 2. The minimum atomic E-state index is -0.400. The molecule has 56 heavy (non-hydrogen) atoms. The number of aromatic nitrogens is 4. The highest BCUT2D eigenvalue weighted by atomic mass is 16.5. The van der Waals surface area contributed by atoms with Crippen LogP contribution in [-0.4, -0.2) is 88.5 Å². The number of amides is 4. The minimum Gasteiger partial charge on any atom is -0.496 e. The third kappa shape index (κ3) is 7.09. The van der Waals surface area contributed by atoms with Crippen molar-refractivity contribution >= 4 is 56.6 Å². The van der Waals surface area contributed by atoms with Crippen LogP contribution >= 0.6 is 0 Å². The molecule has 0 radical (unpaired) electrons. The van der Waals surface area contributed by atoms with E-state index in [4.69, 9.17) is 9.84 Å². The normalized spacial score (nSPS) is 20.7. The van der Waals surface area contributed by atoms with Gasteiger partial charge in [0.15, 0.2) is 0 Å². The summed E-state index contributed by atoms with van der Waals surface area (Å²) in [5, 5.41) is 13.0. The molecule has 4 amide bonds. The van der Waals surface area contributed by atoms with Crippen LogP contribution in [0.4, 0.5) is 21.9 Å². The molecule has 2 saturated carbocycles. The van der Waals surface area contributed by atoms with Gasteiger partial charge in [-0.05, 0) is 81.7 Å². The molecular formula is C42H47N9O5. The molecular weight excluding hydrogens is 711 g/mol. The summed E-state index contributed by atoms with van der Waals surface area (Å²) in [5.74, 6) is 0.474. The fourth-order valence-electron chi connectivity index (χ4n) is 8.76. The quantitative estimate of drug-likeness (QED) is 0.182.